The maximum absolute atomic E-state index is 5.59. The van der Waals surface area contributed by atoms with Crippen LogP contribution in [0.4, 0.5) is 5.69 Å². The molecule has 10 heavy (non-hydrogen) atoms. The molecular weight excluding hydrogens is 122 g/mol. The number of hydrogen-bond acceptors (Lipinski definition) is 1. The highest BCUT2D eigenvalue weighted by Gasteiger charge is 1.96. The number of aryl methyl sites for hydroxylation is 1. The van der Waals surface area contributed by atoms with Gasteiger partial charge in [0.15, 0.2) is 0 Å². The van der Waals surface area contributed by atoms with Gasteiger partial charge >= 0.3 is 0 Å². The highest BCUT2D eigenvalue weighted by molar-refractivity contribution is 5.58. The Hall–Kier alpha value is -1.42. The Labute approximate surface area is 60.9 Å². The summed E-state index contributed by atoms with van der Waals surface area (Å²) in [6, 6.07) is 5.65. The molecule has 0 aliphatic heterocycles. The number of anilines is 1. The van der Waals surface area contributed by atoms with Gasteiger partial charge in [-0.1, -0.05) is 18.1 Å². The number of nitrogen functional groups attached to an aromatic ring is 1. The van der Waals surface area contributed by atoms with E-state index in [9.17, 15) is 0 Å². The molecule has 0 aromatic heterocycles. The highest BCUT2D eigenvalue weighted by atomic mass is 14.6. The summed E-state index contributed by atoms with van der Waals surface area (Å²) in [7, 11) is 0. The summed E-state index contributed by atoms with van der Waals surface area (Å²) >= 11 is 0. The molecule has 0 atom stereocenters. The maximum atomic E-state index is 5.59. The zero-order valence-corrected chi connectivity index (χ0v) is 5.89. The average Bonchev–Trinajstić information content (AvgIpc) is 1.88. The van der Waals surface area contributed by atoms with Gasteiger partial charge in [-0.2, -0.15) is 0 Å². The van der Waals surface area contributed by atoms with Gasteiger partial charge in [0.1, 0.15) is 0 Å². The van der Waals surface area contributed by atoms with Crippen LogP contribution in [0.5, 0.6) is 0 Å². The first-order chi connectivity index (χ1) is 4.75. The SMILES string of the molecule is C#Cc1c(C)cccc1N. The molecule has 2 N–H and O–H groups in total. The van der Waals surface area contributed by atoms with E-state index in [0.29, 0.717) is 5.69 Å². The van der Waals surface area contributed by atoms with Gasteiger partial charge in [0, 0.05) is 5.69 Å². The van der Waals surface area contributed by atoms with Gasteiger partial charge in [-0.25, -0.2) is 0 Å². The average molecular weight is 131 g/mol. The van der Waals surface area contributed by atoms with Crippen molar-refractivity contribution in [2.45, 2.75) is 6.92 Å². The zero-order valence-electron chi connectivity index (χ0n) is 5.89. The predicted octanol–water partition coefficient (Wildman–Crippen LogP) is 1.56. The molecule has 0 amide bonds. The highest BCUT2D eigenvalue weighted by Crippen LogP contribution is 2.13. The van der Waals surface area contributed by atoms with E-state index in [2.05, 4.69) is 5.92 Å². The van der Waals surface area contributed by atoms with Gasteiger partial charge in [0.25, 0.3) is 0 Å². The third-order valence-corrected chi connectivity index (χ3v) is 1.45. The van der Waals surface area contributed by atoms with Crippen molar-refractivity contribution in [2.75, 3.05) is 5.73 Å². The standard InChI is InChI=1S/C9H9N/c1-3-8-7(2)5-4-6-9(8)10/h1,4-6H,10H2,2H3. The first-order valence-corrected chi connectivity index (χ1v) is 3.07. The van der Waals surface area contributed by atoms with E-state index in [1.54, 1.807) is 0 Å². The fourth-order valence-electron chi connectivity index (χ4n) is 0.888. The van der Waals surface area contributed by atoms with Gasteiger partial charge < -0.3 is 5.73 Å². The largest absolute Gasteiger partial charge is 0.398 e. The van der Waals surface area contributed by atoms with Crippen molar-refractivity contribution in [3.63, 3.8) is 0 Å². The first-order valence-electron chi connectivity index (χ1n) is 3.07. The van der Waals surface area contributed by atoms with Crippen LogP contribution in [-0.4, -0.2) is 0 Å². The minimum Gasteiger partial charge on any atom is -0.398 e. The fourth-order valence-corrected chi connectivity index (χ4v) is 0.888. The summed E-state index contributed by atoms with van der Waals surface area (Å²) in [4.78, 5) is 0. The van der Waals surface area contributed by atoms with E-state index in [1.165, 1.54) is 0 Å². The Morgan fingerprint density at radius 2 is 2.20 bits per heavy atom. The van der Waals surface area contributed by atoms with E-state index in [1.807, 2.05) is 25.1 Å². The predicted molar refractivity (Wildman–Crippen MR) is 43.5 cm³/mol. The van der Waals surface area contributed by atoms with Crippen LogP contribution in [0.3, 0.4) is 0 Å². The molecule has 1 aromatic rings. The van der Waals surface area contributed by atoms with Gasteiger partial charge in [-0.3, -0.25) is 0 Å². The summed E-state index contributed by atoms with van der Waals surface area (Å²) < 4.78 is 0. The summed E-state index contributed by atoms with van der Waals surface area (Å²) in [6.07, 6.45) is 5.22. The van der Waals surface area contributed by atoms with Crippen molar-refractivity contribution in [2.24, 2.45) is 0 Å². The van der Waals surface area contributed by atoms with E-state index in [0.717, 1.165) is 11.1 Å². The molecule has 0 unspecified atom stereocenters. The third kappa shape index (κ3) is 0.964. The number of rotatable bonds is 0. The molecule has 1 nitrogen and oxygen atoms in total. The Bertz CT molecular complexity index is 261. The molecule has 0 aliphatic carbocycles. The second-order valence-electron chi connectivity index (χ2n) is 2.18. The number of benzene rings is 1. The van der Waals surface area contributed by atoms with Crippen LogP contribution in [-0.2, 0) is 0 Å². The summed E-state index contributed by atoms with van der Waals surface area (Å²) in [5, 5.41) is 0. The molecule has 1 aromatic carbocycles. The van der Waals surface area contributed by atoms with E-state index >= 15 is 0 Å². The third-order valence-electron chi connectivity index (χ3n) is 1.45. The normalized spacial score (nSPS) is 8.80. The molecule has 0 heterocycles. The fraction of sp³-hybridized carbons (Fsp3) is 0.111. The number of hydrogen-bond donors (Lipinski definition) is 1. The molecule has 0 fully saturated rings. The summed E-state index contributed by atoms with van der Waals surface area (Å²) in [5.74, 6) is 2.54. The molecule has 1 heteroatoms. The quantitative estimate of drug-likeness (QED) is 0.419. The van der Waals surface area contributed by atoms with Crippen LogP contribution in [0.25, 0.3) is 0 Å². The van der Waals surface area contributed by atoms with Crippen LogP contribution < -0.4 is 5.73 Å². The summed E-state index contributed by atoms with van der Waals surface area (Å²) in [5.41, 5.74) is 8.14. The Balaban J connectivity index is 3.34. The van der Waals surface area contributed by atoms with Crippen molar-refractivity contribution in [1.82, 2.24) is 0 Å². The topological polar surface area (TPSA) is 26.0 Å². The van der Waals surface area contributed by atoms with E-state index in [4.69, 9.17) is 12.2 Å². The molecule has 0 aliphatic rings. The molecule has 0 radical (unpaired) electrons. The van der Waals surface area contributed by atoms with Crippen molar-refractivity contribution in [3.8, 4) is 12.3 Å². The maximum Gasteiger partial charge on any atom is 0.0501 e. The van der Waals surface area contributed by atoms with Crippen LogP contribution in [0.2, 0.25) is 0 Å². The smallest absolute Gasteiger partial charge is 0.0501 e. The van der Waals surface area contributed by atoms with E-state index in [-0.39, 0.29) is 0 Å². The molecule has 1 rings (SSSR count). The molecule has 0 spiro atoms. The van der Waals surface area contributed by atoms with Crippen LogP contribution in [0.15, 0.2) is 18.2 Å². The van der Waals surface area contributed by atoms with Crippen molar-refractivity contribution in [3.05, 3.63) is 29.3 Å². The van der Waals surface area contributed by atoms with Crippen LogP contribution >= 0.6 is 0 Å². The monoisotopic (exact) mass is 131 g/mol. The van der Waals surface area contributed by atoms with Gasteiger partial charge in [-0.15, -0.1) is 6.42 Å². The van der Waals surface area contributed by atoms with Crippen molar-refractivity contribution < 1.29 is 0 Å². The lowest BCUT2D eigenvalue weighted by Gasteiger charge is -1.99. The van der Waals surface area contributed by atoms with Crippen LogP contribution in [0.1, 0.15) is 11.1 Å². The lowest BCUT2D eigenvalue weighted by atomic mass is 10.1. The minimum absolute atomic E-state index is 0.683. The van der Waals surface area contributed by atoms with E-state index < -0.39 is 0 Å². The molecular formula is C9H9N. The second-order valence-corrected chi connectivity index (χ2v) is 2.18. The first kappa shape index (κ1) is 6.70. The van der Waals surface area contributed by atoms with Crippen molar-refractivity contribution >= 4 is 5.69 Å². The Kier molecular flexibility index (Phi) is 1.64. The Morgan fingerprint density at radius 1 is 1.50 bits per heavy atom. The van der Waals surface area contributed by atoms with Crippen molar-refractivity contribution in [1.29, 1.82) is 0 Å². The Morgan fingerprint density at radius 3 is 2.60 bits per heavy atom. The molecule has 0 saturated heterocycles. The minimum atomic E-state index is 0.683. The second kappa shape index (κ2) is 2.45. The lowest BCUT2D eigenvalue weighted by Crippen LogP contribution is -1.91. The van der Waals surface area contributed by atoms with Crippen LogP contribution in [0, 0.1) is 19.3 Å². The molecule has 0 saturated carbocycles. The van der Waals surface area contributed by atoms with Gasteiger partial charge in [0.2, 0.25) is 0 Å². The number of nitrogens with two attached hydrogens (primary N) is 1. The van der Waals surface area contributed by atoms with Gasteiger partial charge in [-0.05, 0) is 18.6 Å². The zero-order chi connectivity index (χ0) is 7.56. The molecule has 0 bridgehead atoms. The number of terminal acetylenes is 1. The lowest BCUT2D eigenvalue weighted by molar-refractivity contribution is 1.44. The summed E-state index contributed by atoms with van der Waals surface area (Å²) in [6.45, 7) is 1.95. The van der Waals surface area contributed by atoms with Gasteiger partial charge in [0.05, 0.1) is 5.56 Å². The molecule has 50 valence electrons.